The number of halogens is 2. The van der Waals surface area contributed by atoms with Crippen LogP contribution in [-0.2, 0) is 9.53 Å². The third-order valence-corrected chi connectivity index (χ3v) is 3.61. The zero-order chi connectivity index (χ0) is 13.7. The minimum atomic E-state index is -0.135. The van der Waals surface area contributed by atoms with Gasteiger partial charge in [-0.05, 0) is 19.0 Å². The Hall–Kier alpha value is -0.810. The van der Waals surface area contributed by atoms with Crippen LogP contribution in [-0.4, -0.2) is 37.0 Å². The summed E-state index contributed by atoms with van der Waals surface area (Å²) in [6.07, 6.45) is 1.10. The first-order valence-corrected chi connectivity index (χ1v) is 6.94. The topological polar surface area (TPSA) is 55.6 Å². The number of benzene rings is 1. The van der Waals surface area contributed by atoms with E-state index < -0.39 is 0 Å². The lowest BCUT2D eigenvalue weighted by molar-refractivity contribution is -0.139. The highest BCUT2D eigenvalue weighted by Gasteiger charge is 2.26. The third-order valence-electron chi connectivity index (χ3n) is 3.27. The van der Waals surface area contributed by atoms with E-state index in [0.29, 0.717) is 37.7 Å². The Balaban J connectivity index is 0.00000200. The first kappa shape index (κ1) is 17.2. The van der Waals surface area contributed by atoms with Crippen molar-refractivity contribution in [1.82, 2.24) is 4.90 Å². The number of carbonyl (C=O) groups is 1. The minimum Gasteiger partial charge on any atom is -0.370 e. The van der Waals surface area contributed by atoms with E-state index in [1.807, 2.05) is 29.2 Å². The average Bonchev–Trinajstić information content (AvgIpc) is 2.45. The van der Waals surface area contributed by atoms with Crippen molar-refractivity contribution >= 4 is 29.9 Å². The highest BCUT2D eigenvalue weighted by atomic mass is 35.5. The molecule has 0 radical (unpaired) electrons. The van der Waals surface area contributed by atoms with E-state index in [0.717, 1.165) is 12.0 Å². The quantitative estimate of drug-likeness (QED) is 0.927. The summed E-state index contributed by atoms with van der Waals surface area (Å²) in [5, 5.41) is 0.684. The van der Waals surface area contributed by atoms with E-state index in [1.54, 1.807) is 0 Å². The summed E-state index contributed by atoms with van der Waals surface area (Å²) in [7, 11) is 0. The molecule has 112 valence electrons. The van der Waals surface area contributed by atoms with Crippen molar-refractivity contribution in [3.05, 3.63) is 34.9 Å². The zero-order valence-corrected chi connectivity index (χ0v) is 12.8. The summed E-state index contributed by atoms with van der Waals surface area (Å²) in [6, 6.07) is 7.61. The maximum Gasteiger partial charge on any atom is 0.222 e. The molecule has 1 aliphatic rings. The zero-order valence-electron chi connectivity index (χ0n) is 11.3. The number of amides is 1. The number of rotatable bonds is 4. The van der Waals surface area contributed by atoms with Crippen molar-refractivity contribution in [1.29, 1.82) is 0 Å². The van der Waals surface area contributed by atoms with Gasteiger partial charge in [0, 0.05) is 23.6 Å². The van der Waals surface area contributed by atoms with Gasteiger partial charge in [0.1, 0.15) is 6.10 Å². The maximum absolute atomic E-state index is 12.0. The van der Waals surface area contributed by atoms with Crippen molar-refractivity contribution in [3.8, 4) is 0 Å². The molecule has 0 bridgehead atoms. The molecule has 0 aromatic heterocycles. The van der Waals surface area contributed by atoms with Crippen LogP contribution < -0.4 is 5.73 Å². The fourth-order valence-corrected chi connectivity index (χ4v) is 2.47. The SMILES string of the molecule is Cl.NCCCC(=O)N1CCOC(c2ccccc2Cl)C1. The van der Waals surface area contributed by atoms with Crippen LogP contribution in [0.2, 0.25) is 5.02 Å². The Kier molecular flexibility index (Phi) is 7.30. The van der Waals surface area contributed by atoms with Crippen LogP contribution in [0, 0.1) is 0 Å². The van der Waals surface area contributed by atoms with Crippen LogP contribution in [0.25, 0.3) is 0 Å². The number of hydrogen-bond acceptors (Lipinski definition) is 3. The normalized spacial score (nSPS) is 18.5. The van der Waals surface area contributed by atoms with Gasteiger partial charge in [-0.2, -0.15) is 0 Å². The molecule has 1 saturated heterocycles. The van der Waals surface area contributed by atoms with Crippen LogP contribution in [0.5, 0.6) is 0 Å². The third kappa shape index (κ3) is 4.35. The van der Waals surface area contributed by atoms with Crippen molar-refractivity contribution in [2.75, 3.05) is 26.2 Å². The lowest BCUT2D eigenvalue weighted by Crippen LogP contribution is -2.42. The number of morpholine rings is 1. The molecule has 2 rings (SSSR count). The standard InChI is InChI=1S/C14H19ClN2O2.ClH/c15-12-5-2-1-4-11(12)13-10-17(8-9-19-13)14(18)6-3-7-16;/h1-2,4-5,13H,3,6-10,16H2;1H. The van der Waals surface area contributed by atoms with Gasteiger partial charge in [0.15, 0.2) is 0 Å². The van der Waals surface area contributed by atoms with Gasteiger partial charge in [-0.15, -0.1) is 12.4 Å². The van der Waals surface area contributed by atoms with Crippen LogP contribution in [0.1, 0.15) is 24.5 Å². The minimum absolute atomic E-state index is 0. The fraction of sp³-hybridized carbons (Fsp3) is 0.500. The Bertz CT molecular complexity index is 443. The summed E-state index contributed by atoms with van der Waals surface area (Å²) in [5.41, 5.74) is 6.38. The number of carbonyl (C=O) groups excluding carboxylic acids is 1. The Morgan fingerprint density at radius 3 is 2.90 bits per heavy atom. The molecule has 6 heteroatoms. The van der Waals surface area contributed by atoms with E-state index in [-0.39, 0.29) is 24.4 Å². The summed E-state index contributed by atoms with van der Waals surface area (Å²) < 4.78 is 5.73. The molecule has 1 heterocycles. The van der Waals surface area contributed by atoms with Crippen LogP contribution in [0.3, 0.4) is 0 Å². The van der Waals surface area contributed by atoms with E-state index >= 15 is 0 Å². The molecule has 0 saturated carbocycles. The van der Waals surface area contributed by atoms with Gasteiger partial charge in [-0.3, -0.25) is 4.79 Å². The fourth-order valence-electron chi connectivity index (χ4n) is 2.21. The molecule has 4 nitrogen and oxygen atoms in total. The van der Waals surface area contributed by atoms with Gasteiger partial charge in [0.05, 0.1) is 13.2 Å². The van der Waals surface area contributed by atoms with E-state index in [9.17, 15) is 4.79 Å². The predicted molar refractivity (Wildman–Crippen MR) is 82.3 cm³/mol. The van der Waals surface area contributed by atoms with Gasteiger partial charge in [0.25, 0.3) is 0 Å². The molecule has 1 amide bonds. The molecule has 1 aromatic carbocycles. The highest BCUT2D eigenvalue weighted by molar-refractivity contribution is 6.31. The van der Waals surface area contributed by atoms with Gasteiger partial charge in [-0.25, -0.2) is 0 Å². The van der Waals surface area contributed by atoms with Gasteiger partial charge in [0.2, 0.25) is 5.91 Å². The molecule has 1 fully saturated rings. The van der Waals surface area contributed by atoms with Crippen molar-refractivity contribution in [2.24, 2.45) is 5.73 Å². The molecule has 1 atom stereocenters. The molecular weight excluding hydrogens is 299 g/mol. The lowest BCUT2D eigenvalue weighted by atomic mass is 10.1. The highest BCUT2D eigenvalue weighted by Crippen LogP contribution is 2.28. The van der Waals surface area contributed by atoms with Gasteiger partial charge < -0.3 is 15.4 Å². The predicted octanol–water partition coefficient (Wildman–Crippen LogP) is 2.40. The monoisotopic (exact) mass is 318 g/mol. The van der Waals surface area contributed by atoms with E-state index in [1.165, 1.54) is 0 Å². The van der Waals surface area contributed by atoms with Crippen molar-refractivity contribution < 1.29 is 9.53 Å². The summed E-state index contributed by atoms with van der Waals surface area (Å²) in [6.45, 7) is 2.30. The smallest absolute Gasteiger partial charge is 0.222 e. The summed E-state index contributed by atoms with van der Waals surface area (Å²) in [5.74, 6) is 0.144. The largest absolute Gasteiger partial charge is 0.370 e. The molecule has 20 heavy (non-hydrogen) atoms. The molecule has 0 spiro atoms. The first-order valence-electron chi connectivity index (χ1n) is 6.56. The van der Waals surface area contributed by atoms with Crippen LogP contribution in [0.15, 0.2) is 24.3 Å². The van der Waals surface area contributed by atoms with Crippen LogP contribution >= 0.6 is 24.0 Å². The molecule has 1 unspecified atom stereocenters. The van der Waals surface area contributed by atoms with Crippen LogP contribution in [0.4, 0.5) is 0 Å². The molecule has 1 aliphatic heterocycles. The molecule has 0 aliphatic carbocycles. The van der Waals surface area contributed by atoms with E-state index in [4.69, 9.17) is 22.1 Å². The Morgan fingerprint density at radius 1 is 1.45 bits per heavy atom. The van der Waals surface area contributed by atoms with E-state index in [2.05, 4.69) is 0 Å². The number of ether oxygens (including phenoxy) is 1. The maximum atomic E-state index is 12.0. The van der Waals surface area contributed by atoms with Crippen molar-refractivity contribution in [3.63, 3.8) is 0 Å². The molecule has 1 aromatic rings. The number of nitrogens with two attached hydrogens (primary N) is 1. The summed E-state index contributed by atoms with van der Waals surface area (Å²) in [4.78, 5) is 13.8. The second kappa shape index (κ2) is 8.47. The van der Waals surface area contributed by atoms with Gasteiger partial charge >= 0.3 is 0 Å². The Morgan fingerprint density at radius 2 is 2.20 bits per heavy atom. The Labute approximate surface area is 130 Å². The molecule has 2 N–H and O–H groups in total. The number of hydrogen-bond donors (Lipinski definition) is 1. The second-order valence-corrected chi connectivity index (χ2v) is 5.02. The van der Waals surface area contributed by atoms with Crippen molar-refractivity contribution in [2.45, 2.75) is 18.9 Å². The molecular formula is C14H20Cl2N2O2. The summed E-state index contributed by atoms with van der Waals surface area (Å²) >= 11 is 6.17. The average molecular weight is 319 g/mol. The first-order chi connectivity index (χ1) is 9.22. The number of nitrogens with zero attached hydrogens (tertiary/aromatic N) is 1. The second-order valence-electron chi connectivity index (χ2n) is 4.61. The lowest BCUT2D eigenvalue weighted by Gasteiger charge is -2.33. The van der Waals surface area contributed by atoms with Gasteiger partial charge in [-0.1, -0.05) is 29.8 Å².